The van der Waals surface area contributed by atoms with Crippen LogP contribution in [0.3, 0.4) is 0 Å². The molecule has 0 radical (unpaired) electrons. The fourth-order valence-electron chi connectivity index (χ4n) is 4.71. The summed E-state index contributed by atoms with van der Waals surface area (Å²) in [6, 6.07) is 6.45. The smallest absolute Gasteiger partial charge is 0.391 e. The number of aliphatic hydroxyl groups is 1. The predicted octanol–water partition coefficient (Wildman–Crippen LogP) is 3.49. The number of hydrogen-bond donors (Lipinski definition) is 3. The minimum atomic E-state index is -4.17. The summed E-state index contributed by atoms with van der Waals surface area (Å²) in [5.41, 5.74) is 2.13. The number of fused-ring (bicyclic) bond motifs is 1. The van der Waals surface area contributed by atoms with Crippen LogP contribution in [0.4, 0.5) is 4.39 Å². The molecule has 1 heterocycles. The van der Waals surface area contributed by atoms with E-state index in [2.05, 4.69) is 14.9 Å². The van der Waals surface area contributed by atoms with Gasteiger partial charge in [-0.2, -0.15) is 4.72 Å². The quantitative estimate of drug-likeness (QED) is 0.487. The molecule has 1 aliphatic rings. The lowest BCUT2D eigenvalue weighted by atomic mass is 9.80. The van der Waals surface area contributed by atoms with Crippen LogP contribution in [-0.4, -0.2) is 23.7 Å². The molecular weight excluding hydrogens is 461 g/mol. The van der Waals surface area contributed by atoms with Crippen LogP contribution in [0.15, 0.2) is 44.4 Å². The van der Waals surface area contributed by atoms with E-state index < -0.39 is 39.2 Å². The Bertz CT molecular complexity index is 1390. The number of nitrogens with one attached hydrogen (secondary N) is 2. The van der Waals surface area contributed by atoms with Gasteiger partial charge in [0.2, 0.25) is 15.9 Å². The summed E-state index contributed by atoms with van der Waals surface area (Å²) in [4.78, 5) is 11.6. The third-order valence-corrected chi connectivity index (χ3v) is 8.21. The molecule has 10 heteroatoms. The topological polar surface area (TPSA) is 125 Å². The number of aryl methyl sites for hydroxylation is 2. The minimum absolute atomic E-state index is 0.0510. The number of rotatable bonds is 6. The van der Waals surface area contributed by atoms with E-state index in [0.717, 1.165) is 24.0 Å². The summed E-state index contributed by atoms with van der Waals surface area (Å²) in [6.45, 7) is 6.89. The molecule has 0 saturated heterocycles. The molecule has 3 N–H and O–H groups in total. The fraction of sp³-hybridized carbons (Fsp3) is 0.417. The Labute approximate surface area is 197 Å². The van der Waals surface area contributed by atoms with Crippen LogP contribution in [0.2, 0.25) is 0 Å². The molecule has 3 atom stereocenters. The van der Waals surface area contributed by atoms with Crippen molar-refractivity contribution in [2.45, 2.75) is 69.4 Å². The Morgan fingerprint density at radius 3 is 2.68 bits per heavy atom. The lowest BCUT2D eigenvalue weighted by Gasteiger charge is -2.31. The molecular formula is C24H28FN3O5S. The molecule has 1 aliphatic carbocycles. The van der Waals surface area contributed by atoms with Crippen molar-refractivity contribution in [1.82, 2.24) is 14.9 Å². The summed E-state index contributed by atoms with van der Waals surface area (Å²) in [5, 5.41) is 16.7. The number of aromatic amines is 1. The van der Waals surface area contributed by atoms with E-state index in [1.54, 1.807) is 32.9 Å². The first kappa shape index (κ1) is 24.3. The number of hydrogen-bond acceptors (Lipinski definition) is 6. The second kappa shape index (κ2) is 8.75. The highest BCUT2D eigenvalue weighted by Crippen LogP contribution is 2.38. The van der Waals surface area contributed by atoms with Crippen LogP contribution in [-0.2, 0) is 22.0 Å². The number of benzene rings is 2. The lowest BCUT2D eigenvalue weighted by Crippen LogP contribution is -2.33. The summed E-state index contributed by atoms with van der Waals surface area (Å²) >= 11 is 0. The molecule has 182 valence electrons. The van der Waals surface area contributed by atoms with Crippen molar-refractivity contribution in [3.05, 3.63) is 80.4 Å². The Kier molecular flexibility index (Phi) is 6.26. The fourth-order valence-corrected chi connectivity index (χ4v) is 6.00. The maximum Gasteiger partial charge on any atom is 0.434 e. The normalized spacial score (nSPS) is 20.1. The first-order valence-corrected chi connectivity index (χ1v) is 12.6. The second-order valence-corrected chi connectivity index (χ2v) is 10.9. The first-order chi connectivity index (χ1) is 15.9. The molecule has 0 amide bonds. The van der Waals surface area contributed by atoms with E-state index >= 15 is 0 Å². The maximum absolute atomic E-state index is 14.9. The van der Waals surface area contributed by atoms with Crippen LogP contribution in [0.5, 0.6) is 0 Å². The summed E-state index contributed by atoms with van der Waals surface area (Å²) in [6.07, 6.45) is 2.09. The average Bonchev–Trinajstić information content (AvgIpc) is 3.20. The van der Waals surface area contributed by atoms with Gasteiger partial charge in [0.25, 0.3) is 0 Å². The van der Waals surface area contributed by atoms with Gasteiger partial charge in [-0.1, -0.05) is 19.1 Å². The van der Waals surface area contributed by atoms with Crippen molar-refractivity contribution in [2.24, 2.45) is 0 Å². The Morgan fingerprint density at radius 1 is 1.26 bits per heavy atom. The molecule has 2 aromatic carbocycles. The number of sulfonamides is 1. The summed E-state index contributed by atoms with van der Waals surface area (Å²) in [7, 11) is -4.17. The maximum atomic E-state index is 14.9. The van der Waals surface area contributed by atoms with Crippen molar-refractivity contribution in [3.8, 4) is 0 Å². The highest BCUT2D eigenvalue weighted by atomic mass is 32.2. The lowest BCUT2D eigenvalue weighted by molar-refractivity contribution is 0.0385. The summed E-state index contributed by atoms with van der Waals surface area (Å²) in [5.74, 6) is -2.31. The van der Waals surface area contributed by atoms with Gasteiger partial charge in [-0.05, 0) is 86.1 Å². The van der Waals surface area contributed by atoms with Gasteiger partial charge in [-0.3, -0.25) is 0 Å². The Balaban J connectivity index is 1.78. The van der Waals surface area contributed by atoms with E-state index in [1.165, 1.54) is 18.2 Å². The van der Waals surface area contributed by atoms with Crippen molar-refractivity contribution in [2.75, 3.05) is 0 Å². The molecule has 1 unspecified atom stereocenters. The summed E-state index contributed by atoms with van der Waals surface area (Å²) < 4.78 is 49.4. The third-order valence-electron chi connectivity index (χ3n) is 6.77. The molecule has 0 fully saturated rings. The average molecular weight is 490 g/mol. The zero-order valence-electron chi connectivity index (χ0n) is 19.5. The number of nitrogens with zero attached hydrogens (tertiary/aromatic N) is 1. The van der Waals surface area contributed by atoms with Crippen LogP contribution in [0, 0.1) is 19.7 Å². The highest BCUT2D eigenvalue weighted by Gasteiger charge is 2.35. The molecule has 3 aromatic rings. The van der Waals surface area contributed by atoms with Gasteiger partial charge in [0.15, 0.2) is 0 Å². The second-order valence-electron chi connectivity index (χ2n) is 9.19. The van der Waals surface area contributed by atoms with E-state index in [4.69, 9.17) is 4.42 Å². The number of H-pyrrole nitrogens is 1. The third kappa shape index (κ3) is 4.45. The SMILES string of the molecule is Cc1ccc(F)c([C@@H](C)[C@H](NS(=O)(=O)c2ccc3c(c2)C(C)(O)CCC3)c2n[nH]c(=O)o2)c1C. The van der Waals surface area contributed by atoms with Gasteiger partial charge < -0.3 is 9.52 Å². The van der Waals surface area contributed by atoms with Gasteiger partial charge in [-0.25, -0.2) is 22.7 Å². The number of halogens is 1. The molecule has 4 rings (SSSR count). The van der Waals surface area contributed by atoms with Crippen LogP contribution < -0.4 is 10.5 Å². The zero-order chi connectivity index (χ0) is 24.8. The molecule has 0 spiro atoms. The molecule has 0 saturated carbocycles. The van der Waals surface area contributed by atoms with Gasteiger partial charge in [0, 0.05) is 5.92 Å². The molecule has 34 heavy (non-hydrogen) atoms. The van der Waals surface area contributed by atoms with Crippen molar-refractivity contribution < 1.29 is 22.3 Å². The van der Waals surface area contributed by atoms with E-state index in [1.807, 2.05) is 6.92 Å². The molecule has 0 bridgehead atoms. The van der Waals surface area contributed by atoms with Gasteiger partial charge >= 0.3 is 5.76 Å². The van der Waals surface area contributed by atoms with Gasteiger partial charge in [0.1, 0.15) is 11.9 Å². The zero-order valence-corrected chi connectivity index (χ0v) is 20.3. The van der Waals surface area contributed by atoms with Crippen molar-refractivity contribution in [3.63, 3.8) is 0 Å². The first-order valence-electron chi connectivity index (χ1n) is 11.1. The van der Waals surface area contributed by atoms with Crippen molar-refractivity contribution >= 4 is 10.0 Å². The van der Waals surface area contributed by atoms with Gasteiger partial charge in [0.05, 0.1) is 10.5 Å². The highest BCUT2D eigenvalue weighted by molar-refractivity contribution is 7.89. The molecule has 1 aromatic heterocycles. The van der Waals surface area contributed by atoms with E-state index in [9.17, 15) is 22.7 Å². The predicted molar refractivity (Wildman–Crippen MR) is 123 cm³/mol. The standard InChI is InChI=1S/C24H28FN3O5S/c1-13-7-10-19(25)20(14(13)2)15(3)21(22-26-27-23(29)33-22)28-34(31,32)17-9-8-16-6-5-11-24(4,30)18(16)12-17/h7-10,12,15,21,28,30H,5-6,11H2,1-4H3,(H,27,29)/t15-,21+,24?/m1/s1. The van der Waals surface area contributed by atoms with Crippen LogP contribution in [0.1, 0.15) is 72.4 Å². The van der Waals surface area contributed by atoms with E-state index in [0.29, 0.717) is 23.1 Å². The van der Waals surface area contributed by atoms with Crippen LogP contribution >= 0.6 is 0 Å². The largest absolute Gasteiger partial charge is 0.434 e. The molecule has 8 nitrogen and oxygen atoms in total. The Morgan fingerprint density at radius 2 is 2.00 bits per heavy atom. The van der Waals surface area contributed by atoms with Gasteiger partial charge in [-0.15, -0.1) is 5.10 Å². The van der Waals surface area contributed by atoms with Crippen LogP contribution in [0.25, 0.3) is 0 Å². The minimum Gasteiger partial charge on any atom is -0.391 e. The monoisotopic (exact) mass is 489 g/mol. The van der Waals surface area contributed by atoms with E-state index in [-0.39, 0.29) is 10.8 Å². The number of aromatic nitrogens is 2. The Hall–Kier alpha value is -2.82. The van der Waals surface area contributed by atoms with Crippen molar-refractivity contribution in [1.29, 1.82) is 0 Å². The molecule has 0 aliphatic heterocycles.